The van der Waals surface area contributed by atoms with Crippen LogP contribution in [0, 0.1) is 5.92 Å². The summed E-state index contributed by atoms with van der Waals surface area (Å²) in [7, 11) is 0. The molecule has 1 aliphatic rings. The van der Waals surface area contributed by atoms with Crippen molar-refractivity contribution < 1.29 is 9.59 Å². The number of likely N-dealkylation sites (tertiary alicyclic amines) is 1. The van der Waals surface area contributed by atoms with E-state index in [4.69, 9.17) is 0 Å². The SMILES string of the molecule is O=C(/C=C\c1cccnc1)NCCCCC1CCN(C(=O)CC(c2ccccc2)c2ccccc2)CC1. The molecule has 0 spiro atoms. The van der Waals surface area contributed by atoms with E-state index in [1.54, 1.807) is 24.5 Å². The second-order valence-corrected chi connectivity index (χ2v) is 9.81. The molecule has 192 valence electrons. The van der Waals surface area contributed by atoms with Gasteiger partial charge in [0.05, 0.1) is 0 Å². The summed E-state index contributed by atoms with van der Waals surface area (Å²) in [6.07, 6.45) is 12.6. The Morgan fingerprint density at radius 1 is 0.919 bits per heavy atom. The van der Waals surface area contributed by atoms with Crippen LogP contribution < -0.4 is 5.32 Å². The molecule has 2 amide bonds. The summed E-state index contributed by atoms with van der Waals surface area (Å²) >= 11 is 0. The van der Waals surface area contributed by atoms with Crippen LogP contribution in [-0.2, 0) is 9.59 Å². The first kappa shape index (κ1) is 26.3. The molecule has 5 heteroatoms. The van der Waals surface area contributed by atoms with Crippen molar-refractivity contribution in [2.75, 3.05) is 19.6 Å². The third-order valence-corrected chi connectivity index (χ3v) is 7.20. The van der Waals surface area contributed by atoms with Gasteiger partial charge in [-0.15, -0.1) is 0 Å². The van der Waals surface area contributed by atoms with Crippen LogP contribution in [0.1, 0.15) is 61.1 Å². The van der Waals surface area contributed by atoms with E-state index in [2.05, 4.69) is 39.5 Å². The standard InChI is InChI=1S/C32H37N3O2/c36-31(17-16-27-11-9-20-33-25-27)34-21-8-7-10-26-18-22-35(23-19-26)32(37)24-30(28-12-3-1-4-13-28)29-14-5-2-6-15-29/h1-6,9,11-17,20,25-26,30H,7-8,10,18-19,21-24H2,(H,34,36)/b17-16-. The van der Waals surface area contributed by atoms with Gasteiger partial charge in [0.25, 0.3) is 0 Å². The molecule has 3 aromatic rings. The summed E-state index contributed by atoms with van der Waals surface area (Å²) in [5.74, 6) is 0.921. The highest BCUT2D eigenvalue weighted by Crippen LogP contribution is 2.30. The molecule has 0 radical (unpaired) electrons. The van der Waals surface area contributed by atoms with Gasteiger partial charge in [0, 0.05) is 50.4 Å². The third-order valence-electron chi connectivity index (χ3n) is 7.20. The number of carbonyl (C=O) groups is 2. The van der Waals surface area contributed by atoms with Crippen LogP contribution in [0.3, 0.4) is 0 Å². The van der Waals surface area contributed by atoms with E-state index >= 15 is 0 Å². The van der Waals surface area contributed by atoms with Crippen molar-refractivity contribution in [1.29, 1.82) is 0 Å². The summed E-state index contributed by atoms with van der Waals surface area (Å²) in [4.78, 5) is 31.3. The number of hydrogen-bond donors (Lipinski definition) is 1. The first-order chi connectivity index (χ1) is 18.2. The molecule has 1 saturated heterocycles. The van der Waals surface area contributed by atoms with Gasteiger partial charge in [-0.3, -0.25) is 14.6 Å². The van der Waals surface area contributed by atoms with E-state index in [0.717, 1.165) is 50.8 Å². The van der Waals surface area contributed by atoms with Crippen LogP contribution in [-0.4, -0.2) is 41.3 Å². The maximum Gasteiger partial charge on any atom is 0.243 e. The number of carbonyl (C=O) groups excluding carboxylic acids is 2. The average Bonchev–Trinajstić information content (AvgIpc) is 2.96. The Bertz CT molecular complexity index is 1080. The van der Waals surface area contributed by atoms with Gasteiger partial charge in [0.2, 0.25) is 11.8 Å². The number of amides is 2. The maximum absolute atomic E-state index is 13.2. The zero-order chi connectivity index (χ0) is 25.7. The van der Waals surface area contributed by atoms with Gasteiger partial charge in [-0.05, 0) is 54.0 Å². The van der Waals surface area contributed by atoms with Gasteiger partial charge < -0.3 is 10.2 Å². The van der Waals surface area contributed by atoms with E-state index < -0.39 is 0 Å². The van der Waals surface area contributed by atoms with Gasteiger partial charge in [-0.1, -0.05) is 79.6 Å². The summed E-state index contributed by atoms with van der Waals surface area (Å²) < 4.78 is 0. The fourth-order valence-corrected chi connectivity index (χ4v) is 5.05. The molecule has 0 unspecified atom stereocenters. The molecule has 1 fully saturated rings. The quantitative estimate of drug-likeness (QED) is 0.268. The highest BCUT2D eigenvalue weighted by atomic mass is 16.2. The largest absolute Gasteiger partial charge is 0.353 e. The minimum absolute atomic E-state index is 0.0695. The highest BCUT2D eigenvalue weighted by Gasteiger charge is 2.26. The Morgan fingerprint density at radius 3 is 2.22 bits per heavy atom. The van der Waals surface area contributed by atoms with Crippen LogP contribution in [0.25, 0.3) is 6.08 Å². The Hall–Kier alpha value is -3.73. The van der Waals surface area contributed by atoms with Crippen molar-refractivity contribution in [3.8, 4) is 0 Å². The molecule has 0 saturated carbocycles. The van der Waals surface area contributed by atoms with Crippen molar-refractivity contribution in [1.82, 2.24) is 15.2 Å². The molecular weight excluding hydrogens is 458 g/mol. The second kappa shape index (κ2) is 14.1. The summed E-state index contributed by atoms with van der Waals surface area (Å²) in [5.41, 5.74) is 3.30. The minimum atomic E-state index is -0.0695. The highest BCUT2D eigenvalue weighted by molar-refractivity contribution is 5.91. The van der Waals surface area contributed by atoms with Gasteiger partial charge >= 0.3 is 0 Å². The Balaban J connectivity index is 1.15. The van der Waals surface area contributed by atoms with Crippen LogP contribution in [0.5, 0.6) is 0 Å². The average molecular weight is 496 g/mol. The minimum Gasteiger partial charge on any atom is -0.353 e. The van der Waals surface area contributed by atoms with E-state index in [1.807, 2.05) is 48.5 Å². The number of benzene rings is 2. The van der Waals surface area contributed by atoms with Crippen LogP contribution >= 0.6 is 0 Å². The molecule has 2 heterocycles. The van der Waals surface area contributed by atoms with Crippen molar-refractivity contribution in [3.63, 3.8) is 0 Å². The second-order valence-electron chi connectivity index (χ2n) is 9.81. The molecule has 0 aliphatic carbocycles. The topological polar surface area (TPSA) is 62.3 Å². The van der Waals surface area contributed by atoms with E-state index in [1.165, 1.54) is 11.1 Å². The first-order valence-electron chi connectivity index (χ1n) is 13.4. The Morgan fingerprint density at radius 2 is 1.59 bits per heavy atom. The normalized spacial score (nSPS) is 14.2. The van der Waals surface area contributed by atoms with Gasteiger partial charge in [0.15, 0.2) is 0 Å². The Labute approximate surface area is 220 Å². The van der Waals surface area contributed by atoms with Crippen molar-refractivity contribution >= 4 is 17.9 Å². The zero-order valence-corrected chi connectivity index (χ0v) is 21.5. The number of pyridine rings is 1. The molecule has 2 aromatic carbocycles. The molecule has 0 atom stereocenters. The fraction of sp³-hybridized carbons (Fsp3) is 0.344. The van der Waals surface area contributed by atoms with E-state index in [0.29, 0.717) is 18.9 Å². The van der Waals surface area contributed by atoms with Crippen LogP contribution in [0.15, 0.2) is 91.3 Å². The molecule has 37 heavy (non-hydrogen) atoms. The van der Waals surface area contributed by atoms with Gasteiger partial charge in [-0.25, -0.2) is 0 Å². The van der Waals surface area contributed by atoms with Gasteiger partial charge in [-0.2, -0.15) is 0 Å². The molecule has 1 aromatic heterocycles. The lowest BCUT2D eigenvalue weighted by Crippen LogP contribution is -2.39. The summed E-state index contributed by atoms with van der Waals surface area (Å²) in [5, 5.41) is 2.96. The molecule has 4 rings (SSSR count). The number of piperidine rings is 1. The number of nitrogens with one attached hydrogen (secondary N) is 1. The number of aromatic nitrogens is 1. The van der Waals surface area contributed by atoms with Crippen molar-refractivity contribution in [3.05, 3.63) is 108 Å². The smallest absolute Gasteiger partial charge is 0.243 e. The first-order valence-corrected chi connectivity index (χ1v) is 13.4. The Kier molecular flexibility index (Phi) is 10.1. The monoisotopic (exact) mass is 495 g/mol. The summed E-state index contributed by atoms with van der Waals surface area (Å²) in [6, 6.07) is 24.5. The number of hydrogen-bond acceptors (Lipinski definition) is 3. The lowest BCUT2D eigenvalue weighted by molar-refractivity contribution is -0.132. The predicted molar refractivity (Wildman–Crippen MR) is 149 cm³/mol. The molecular formula is C32H37N3O2. The lowest BCUT2D eigenvalue weighted by Gasteiger charge is -2.33. The van der Waals surface area contributed by atoms with Crippen molar-refractivity contribution in [2.45, 2.75) is 44.4 Å². The van der Waals surface area contributed by atoms with E-state index in [9.17, 15) is 9.59 Å². The van der Waals surface area contributed by atoms with Crippen LogP contribution in [0.2, 0.25) is 0 Å². The van der Waals surface area contributed by atoms with Crippen molar-refractivity contribution in [2.24, 2.45) is 5.92 Å². The number of unbranched alkanes of at least 4 members (excludes halogenated alkanes) is 1. The molecule has 0 bridgehead atoms. The van der Waals surface area contributed by atoms with Gasteiger partial charge in [0.1, 0.15) is 0 Å². The predicted octanol–water partition coefficient (Wildman–Crippen LogP) is 5.84. The maximum atomic E-state index is 13.2. The van der Waals surface area contributed by atoms with Crippen LogP contribution in [0.4, 0.5) is 0 Å². The number of nitrogens with zero attached hydrogens (tertiary/aromatic N) is 2. The lowest BCUT2D eigenvalue weighted by atomic mass is 9.87. The van der Waals surface area contributed by atoms with E-state index in [-0.39, 0.29) is 17.7 Å². The zero-order valence-electron chi connectivity index (χ0n) is 21.5. The molecule has 1 N–H and O–H groups in total. The fourth-order valence-electron chi connectivity index (χ4n) is 5.05. The summed E-state index contributed by atoms with van der Waals surface area (Å²) in [6.45, 7) is 2.37. The number of rotatable bonds is 11. The molecule has 5 nitrogen and oxygen atoms in total. The third kappa shape index (κ3) is 8.42. The molecule has 1 aliphatic heterocycles.